The first-order chi connectivity index (χ1) is 15.6. The minimum absolute atomic E-state index is 0.133. The number of ether oxygens (including phenoxy) is 5. The third-order valence-electron chi connectivity index (χ3n) is 4.54. The van der Waals surface area contributed by atoms with Crippen LogP contribution in [0.15, 0.2) is 35.8 Å². The summed E-state index contributed by atoms with van der Waals surface area (Å²) in [6, 6.07) is 7.57. The number of rotatable bonds is 12. The molecule has 0 radical (unpaired) electrons. The quantitative estimate of drug-likeness (QED) is 0.299. The van der Waals surface area contributed by atoms with Gasteiger partial charge in [0.25, 0.3) is 0 Å². The van der Waals surface area contributed by atoms with Crippen molar-refractivity contribution in [2.75, 3.05) is 53.9 Å². The Kier molecular flexibility index (Phi) is 9.17. The number of carbonyl (C=O) groups is 2. The zero-order chi connectivity index (χ0) is 22.8. The molecule has 32 heavy (non-hydrogen) atoms. The summed E-state index contributed by atoms with van der Waals surface area (Å²) in [5.74, 6) is -0.470. The average Bonchev–Trinajstić information content (AvgIpc) is 3.43. The van der Waals surface area contributed by atoms with E-state index in [0.717, 1.165) is 21.5 Å². The van der Waals surface area contributed by atoms with Crippen LogP contribution in [0.5, 0.6) is 0 Å². The van der Waals surface area contributed by atoms with Crippen molar-refractivity contribution in [1.82, 2.24) is 9.55 Å². The average molecular weight is 463 g/mol. The highest BCUT2D eigenvalue weighted by Crippen LogP contribution is 2.25. The van der Waals surface area contributed by atoms with Crippen molar-refractivity contribution >= 4 is 34.3 Å². The second-order valence-electron chi connectivity index (χ2n) is 6.67. The van der Waals surface area contributed by atoms with Crippen LogP contribution < -0.4 is 0 Å². The lowest BCUT2D eigenvalue weighted by Gasteiger charge is -2.08. The minimum atomic E-state index is -0.484. The maximum atomic E-state index is 12.6. The second kappa shape index (κ2) is 12.3. The van der Waals surface area contributed by atoms with Crippen molar-refractivity contribution < 1.29 is 33.3 Å². The van der Waals surface area contributed by atoms with Crippen LogP contribution in [-0.2, 0) is 30.1 Å². The number of para-hydroxylation sites is 1. The molecule has 0 saturated carbocycles. The van der Waals surface area contributed by atoms with Crippen molar-refractivity contribution in [2.45, 2.75) is 6.42 Å². The fourth-order valence-corrected chi connectivity index (χ4v) is 3.80. The van der Waals surface area contributed by atoms with Crippen LogP contribution in [0.4, 0.5) is 4.79 Å². The Balaban J connectivity index is 1.57. The predicted molar refractivity (Wildman–Crippen MR) is 118 cm³/mol. The molecule has 0 spiro atoms. The molecule has 0 aliphatic rings. The molecule has 3 rings (SSSR count). The highest BCUT2D eigenvalue weighted by molar-refractivity contribution is 7.09. The summed E-state index contributed by atoms with van der Waals surface area (Å²) in [7, 11) is 2.94. The van der Waals surface area contributed by atoms with Crippen molar-refractivity contribution in [3.05, 3.63) is 52.1 Å². The maximum Gasteiger partial charge on any atom is 0.418 e. The second-order valence-corrected chi connectivity index (χ2v) is 7.61. The van der Waals surface area contributed by atoms with Crippen LogP contribution in [-0.4, -0.2) is 75.5 Å². The molecule has 9 nitrogen and oxygen atoms in total. The number of carbonyl (C=O) groups excluding carboxylic acids is 2. The molecule has 0 N–H and O–H groups in total. The molecule has 0 aliphatic heterocycles. The Morgan fingerprint density at radius 2 is 1.72 bits per heavy atom. The third kappa shape index (κ3) is 6.36. The topological polar surface area (TPSA) is 98.1 Å². The zero-order valence-corrected chi connectivity index (χ0v) is 18.9. The first-order valence-electron chi connectivity index (χ1n) is 10.1. The summed E-state index contributed by atoms with van der Waals surface area (Å²) in [5, 5.41) is 3.34. The van der Waals surface area contributed by atoms with Gasteiger partial charge in [-0.15, -0.1) is 11.3 Å². The number of esters is 1. The van der Waals surface area contributed by atoms with Crippen LogP contribution in [0.2, 0.25) is 0 Å². The van der Waals surface area contributed by atoms with Gasteiger partial charge in [-0.05, 0) is 11.6 Å². The van der Waals surface area contributed by atoms with Crippen molar-refractivity contribution in [2.24, 2.45) is 0 Å². The van der Waals surface area contributed by atoms with Gasteiger partial charge in [0.1, 0.15) is 6.61 Å². The van der Waals surface area contributed by atoms with Crippen molar-refractivity contribution in [1.29, 1.82) is 0 Å². The van der Waals surface area contributed by atoms with Gasteiger partial charge in [-0.1, -0.05) is 18.2 Å². The van der Waals surface area contributed by atoms with E-state index in [0.29, 0.717) is 32.8 Å². The fraction of sp³-hybridized carbons (Fsp3) is 0.409. The normalized spacial score (nSPS) is 11.1. The van der Waals surface area contributed by atoms with E-state index in [4.69, 9.17) is 23.7 Å². The van der Waals surface area contributed by atoms with E-state index in [1.165, 1.54) is 23.0 Å². The number of hydrogen-bond acceptors (Lipinski definition) is 9. The molecular weight excluding hydrogens is 436 g/mol. The van der Waals surface area contributed by atoms with E-state index in [2.05, 4.69) is 4.98 Å². The summed E-state index contributed by atoms with van der Waals surface area (Å²) in [6.45, 7) is 2.34. The Labute approximate surface area is 189 Å². The minimum Gasteiger partial charge on any atom is -0.464 e. The van der Waals surface area contributed by atoms with E-state index in [-0.39, 0.29) is 18.9 Å². The Hall–Kier alpha value is -2.79. The molecule has 0 atom stereocenters. The van der Waals surface area contributed by atoms with Gasteiger partial charge in [0.15, 0.2) is 5.69 Å². The molecule has 10 heteroatoms. The number of nitrogens with zero attached hydrogens (tertiary/aromatic N) is 2. The molecule has 0 fully saturated rings. The molecule has 0 saturated heterocycles. The van der Waals surface area contributed by atoms with E-state index in [1.54, 1.807) is 18.7 Å². The smallest absolute Gasteiger partial charge is 0.418 e. The SMILES string of the molecule is COCCOCCOCCOC(=O)n1cc(Cc2nc(C(=O)OC)cs2)c2ccccc21. The standard InChI is InChI=1S/C22H26N2O7S/c1-27-7-8-29-9-10-30-11-12-31-22(26)24-14-16(17-5-3-4-6-19(17)24)13-20-23-18(15-32-20)21(25)28-2/h3-6,14-15H,7-13H2,1-2H3. The number of aromatic nitrogens is 2. The van der Waals surface area contributed by atoms with Crippen LogP contribution >= 0.6 is 11.3 Å². The Morgan fingerprint density at radius 1 is 1.00 bits per heavy atom. The number of fused-ring (bicyclic) bond motifs is 1. The molecule has 2 aromatic heterocycles. The monoisotopic (exact) mass is 462 g/mol. The molecule has 0 aliphatic carbocycles. The van der Waals surface area contributed by atoms with Gasteiger partial charge in [0, 0.05) is 30.5 Å². The number of benzene rings is 1. The van der Waals surface area contributed by atoms with Crippen LogP contribution in [0.3, 0.4) is 0 Å². The highest BCUT2D eigenvalue weighted by Gasteiger charge is 2.17. The summed E-state index contributed by atoms with van der Waals surface area (Å²) >= 11 is 1.37. The van der Waals surface area contributed by atoms with E-state index >= 15 is 0 Å². The zero-order valence-electron chi connectivity index (χ0n) is 18.1. The molecule has 2 heterocycles. The number of methoxy groups -OCH3 is 2. The van der Waals surface area contributed by atoms with E-state index in [9.17, 15) is 9.59 Å². The fourth-order valence-electron chi connectivity index (χ4n) is 3.02. The summed E-state index contributed by atoms with van der Waals surface area (Å²) in [6.07, 6.45) is 1.74. The third-order valence-corrected chi connectivity index (χ3v) is 5.38. The van der Waals surface area contributed by atoms with Gasteiger partial charge in [0.05, 0.1) is 50.7 Å². The molecule has 3 aromatic rings. The van der Waals surface area contributed by atoms with Gasteiger partial charge >= 0.3 is 12.1 Å². The van der Waals surface area contributed by atoms with Gasteiger partial charge in [-0.3, -0.25) is 4.57 Å². The lowest BCUT2D eigenvalue weighted by Crippen LogP contribution is -2.17. The summed E-state index contributed by atoms with van der Waals surface area (Å²) in [5.41, 5.74) is 1.93. The van der Waals surface area contributed by atoms with Gasteiger partial charge in [0.2, 0.25) is 0 Å². The first kappa shape index (κ1) is 23.9. The van der Waals surface area contributed by atoms with Crippen LogP contribution in [0, 0.1) is 0 Å². The molecule has 0 unspecified atom stereocenters. The molecule has 1 aromatic carbocycles. The summed E-state index contributed by atoms with van der Waals surface area (Å²) < 4.78 is 27.1. The van der Waals surface area contributed by atoms with E-state index in [1.807, 2.05) is 24.3 Å². The Morgan fingerprint density at radius 3 is 2.47 bits per heavy atom. The number of hydrogen-bond donors (Lipinski definition) is 0. The van der Waals surface area contributed by atoms with Gasteiger partial charge in [-0.2, -0.15) is 0 Å². The van der Waals surface area contributed by atoms with Gasteiger partial charge in [-0.25, -0.2) is 14.6 Å². The first-order valence-corrected chi connectivity index (χ1v) is 10.9. The Bertz CT molecular complexity index is 1030. The lowest BCUT2D eigenvalue weighted by molar-refractivity contribution is 0.0132. The van der Waals surface area contributed by atoms with Crippen LogP contribution in [0.25, 0.3) is 10.9 Å². The van der Waals surface area contributed by atoms with Gasteiger partial charge < -0.3 is 23.7 Å². The molecule has 0 bridgehead atoms. The number of thiazole rings is 1. The van der Waals surface area contributed by atoms with E-state index < -0.39 is 12.1 Å². The van der Waals surface area contributed by atoms with Crippen molar-refractivity contribution in [3.8, 4) is 0 Å². The molecular formula is C22H26N2O7S. The molecule has 0 amide bonds. The molecule has 172 valence electrons. The van der Waals surface area contributed by atoms with Crippen LogP contribution in [0.1, 0.15) is 21.1 Å². The van der Waals surface area contributed by atoms with Crippen molar-refractivity contribution in [3.63, 3.8) is 0 Å². The highest BCUT2D eigenvalue weighted by atomic mass is 32.1. The lowest BCUT2D eigenvalue weighted by atomic mass is 10.1. The predicted octanol–water partition coefficient (Wildman–Crippen LogP) is 3.14. The maximum absolute atomic E-state index is 12.6. The summed E-state index contributed by atoms with van der Waals surface area (Å²) in [4.78, 5) is 28.6. The largest absolute Gasteiger partial charge is 0.464 e.